The molecule has 0 heterocycles. The second kappa shape index (κ2) is 3.74. The van der Waals surface area contributed by atoms with E-state index >= 15 is 0 Å². The number of hydrogen-bond acceptors (Lipinski definition) is 0. The monoisotopic (exact) mass is 318 g/mol. The summed E-state index contributed by atoms with van der Waals surface area (Å²) in [5.74, 6) is 0. The van der Waals surface area contributed by atoms with Gasteiger partial charge in [0.05, 0.1) is 0 Å². The molecule has 0 bridgehead atoms. The lowest BCUT2D eigenvalue weighted by Gasteiger charge is -2.07. The largest absolute Gasteiger partial charge is 0.0616 e. The number of benzene rings is 3. The molecule has 0 N–H and O–H groups in total. The summed E-state index contributed by atoms with van der Waals surface area (Å²) >= 11 is 2.40. The van der Waals surface area contributed by atoms with E-state index in [4.69, 9.17) is 0 Å². The van der Waals surface area contributed by atoms with Crippen LogP contribution >= 0.6 is 22.6 Å². The van der Waals surface area contributed by atoms with Crippen molar-refractivity contribution in [3.63, 3.8) is 0 Å². The highest BCUT2D eigenvalue weighted by Crippen LogP contribution is 2.29. The second-order valence-electron chi connectivity index (χ2n) is 4.05. The fourth-order valence-electron chi connectivity index (χ4n) is 2.21. The quantitative estimate of drug-likeness (QED) is 0.408. The molecule has 0 spiro atoms. The Balaban J connectivity index is 2.58. The first kappa shape index (κ1) is 10.1. The van der Waals surface area contributed by atoms with Crippen LogP contribution in [0.25, 0.3) is 21.5 Å². The van der Waals surface area contributed by atoms with Crippen LogP contribution in [0, 0.1) is 10.5 Å². The van der Waals surface area contributed by atoms with Gasteiger partial charge in [-0.3, -0.25) is 0 Å². The zero-order chi connectivity index (χ0) is 11.1. The van der Waals surface area contributed by atoms with Crippen molar-refractivity contribution in [2.24, 2.45) is 0 Å². The van der Waals surface area contributed by atoms with Crippen LogP contribution in [0.1, 0.15) is 5.56 Å². The Morgan fingerprint density at radius 3 is 2.38 bits per heavy atom. The Morgan fingerprint density at radius 1 is 0.750 bits per heavy atom. The van der Waals surface area contributed by atoms with Crippen LogP contribution in [0.5, 0.6) is 0 Å². The molecule has 0 saturated carbocycles. The van der Waals surface area contributed by atoms with Crippen LogP contribution in [-0.4, -0.2) is 0 Å². The first-order chi connectivity index (χ1) is 7.77. The number of halogens is 1. The molecule has 0 amide bonds. The van der Waals surface area contributed by atoms with Gasteiger partial charge in [0, 0.05) is 3.57 Å². The van der Waals surface area contributed by atoms with Crippen LogP contribution in [-0.2, 0) is 0 Å². The Kier molecular flexibility index (Phi) is 2.36. The predicted octanol–water partition coefficient (Wildman–Crippen LogP) is 4.91. The molecular weight excluding hydrogens is 307 g/mol. The molecule has 0 aliphatic rings. The fourth-order valence-corrected chi connectivity index (χ4v) is 2.68. The third-order valence-corrected chi connectivity index (χ3v) is 4.30. The minimum Gasteiger partial charge on any atom is -0.0616 e. The van der Waals surface area contributed by atoms with Gasteiger partial charge in [-0.05, 0) is 62.7 Å². The maximum Gasteiger partial charge on any atom is 0.0165 e. The van der Waals surface area contributed by atoms with Crippen LogP contribution in [0.2, 0.25) is 0 Å². The van der Waals surface area contributed by atoms with Crippen LogP contribution < -0.4 is 0 Å². The predicted molar refractivity (Wildman–Crippen MR) is 78.9 cm³/mol. The fraction of sp³-hybridized carbons (Fsp3) is 0.0667. The molecule has 0 fully saturated rings. The maximum absolute atomic E-state index is 2.40. The smallest absolute Gasteiger partial charge is 0.0165 e. The van der Waals surface area contributed by atoms with Crippen molar-refractivity contribution in [1.82, 2.24) is 0 Å². The van der Waals surface area contributed by atoms with Gasteiger partial charge < -0.3 is 0 Å². The average Bonchev–Trinajstić information content (AvgIpc) is 2.33. The molecule has 1 heteroatoms. The topological polar surface area (TPSA) is 0 Å². The standard InChI is InChI=1S/C15H11I/c1-10-12-7-6-11-4-2-3-5-13(11)14(12)8-9-15(10)16/h2-9H,1H3. The number of aryl methyl sites for hydroxylation is 1. The zero-order valence-corrected chi connectivity index (χ0v) is 11.2. The van der Waals surface area contributed by atoms with Crippen molar-refractivity contribution < 1.29 is 0 Å². The van der Waals surface area contributed by atoms with E-state index in [1.165, 1.54) is 30.7 Å². The third kappa shape index (κ3) is 1.42. The summed E-state index contributed by atoms with van der Waals surface area (Å²) in [5, 5.41) is 5.39. The Labute approximate surface area is 108 Å². The van der Waals surface area contributed by atoms with Gasteiger partial charge in [0.2, 0.25) is 0 Å². The van der Waals surface area contributed by atoms with Crippen LogP contribution in [0.15, 0.2) is 48.5 Å². The van der Waals surface area contributed by atoms with Crippen molar-refractivity contribution in [2.45, 2.75) is 6.92 Å². The molecule has 16 heavy (non-hydrogen) atoms. The van der Waals surface area contributed by atoms with Crippen molar-refractivity contribution in [1.29, 1.82) is 0 Å². The van der Waals surface area contributed by atoms with E-state index < -0.39 is 0 Å². The van der Waals surface area contributed by atoms with Gasteiger partial charge in [0.25, 0.3) is 0 Å². The van der Waals surface area contributed by atoms with Crippen molar-refractivity contribution >= 4 is 44.1 Å². The van der Waals surface area contributed by atoms with Crippen molar-refractivity contribution in [3.05, 3.63) is 57.7 Å². The molecule has 3 rings (SSSR count). The molecule has 0 saturated heterocycles. The number of fused-ring (bicyclic) bond motifs is 3. The summed E-state index contributed by atoms with van der Waals surface area (Å²) in [4.78, 5) is 0. The molecule has 0 aliphatic heterocycles. The van der Waals surface area contributed by atoms with E-state index in [9.17, 15) is 0 Å². The summed E-state index contributed by atoms with van der Waals surface area (Å²) in [6.07, 6.45) is 0. The van der Waals surface area contributed by atoms with E-state index in [2.05, 4.69) is 78.0 Å². The van der Waals surface area contributed by atoms with E-state index in [1.54, 1.807) is 0 Å². The van der Waals surface area contributed by atoms with E-state index in [1.807, 2.05) is 0 Å². The van der Waals surface area contributed by atoms with E-state index in [0.717, 1.165) is 0 Å². The average molecular weight is 318 g/mol. The molecule has 0 radical (unpaired) electrons. The zero-order valence-electron chi connectivity index (χ0n) is 9.00. The van der Waals surface area contributed by atoms with Crippen molar-refractivity contribution in [3.8, 4) is 0 Å². The minimum absolute atomic E-state index is 1.32. The van der Waals surface area contributed by atoms with Gasteiger partial charge in [-0.1, -0.05) is 42.5 Å². The van der Waals surface area contributed by atoms with Gasteiger partial charge in [-0.25, -0.2) is 0 Å². The lowest BCUT2D eigenvalue weighted by molar-refractivity contribution is 1.49. The summed E-state index contributed by atoms with van der Waals surface area (Å²) in [7, 11) is 0. The van der Waals surface area contributed by atoms with Gasteiger partial charge in [-0.2, -0.15) is 0 Å². The summed E-state index contributed by atoms with van der Waals surface area (Å²) < 4.78 is 1.33. The van der Waals surface area contributed by atoms with Gasteiger partial charge >= 0.3 is 0 Å². The van der Waals surface area contributed by atoms with Gasteiger partial charge in [0.15, 0.2) is 0 Å². The van der Waals surface area contributed by atoms with Crippen LogP contribution in [0.3, 0.4) is 0 Å². The SMILES string of the molecule is Cc1c(I)ccc2c1ccc1ccccc12. The van der Waals surface area contributed by atoms with Crippen molar-refractivity contribution in [2.75, 3.05) is 0 Å². The first-order valence-corrected chi connectivity index (χ1v) is 6.42. The summed E-state index contributed by atoms with van der Waals surface area (Å²) in [5.41, 5.74) is 1.38. The lowest BCUT2D eigenvalue weighted by atomic mass is 9.99. The molecule has 0 aliphatic carbocycles. The molecule has 3 aromatic rings. The first-order valence-electron chi connectivity index (χ1n) is 5.34. The highest BCUT2D eigenvalue weighted by molar-refractivity contribution is 14.1. The molecule has 0 unspecified atom stereocenters. The van der Waals surface area contributed by atoms with Gasteiger partial charge in [-0.15, -0.1) is 0 Å². The van der Waals surface area contributed by atoms with Gasteiger partial charge in [0.1, 0.15) is 0 Å². The Bertz CT molecular complexity index is 683. The maximum atomic E-state index is 2.40. The minimum atomic E-state index is 1.32. The Hall–Kier alpha value is -1.09. The normalized spacial score (nSPS) is 11.1. The highest BCUT2D eigenvalue weighted by Gasteiger charge is 2.04. The molecule has 0 aromatic heterocycles. The third-order valence-electron chi connectivity index (χ3n) is 3.13. The second-order valence-corrected chi connectivity index (χ2v) is 5.22. The van der Waals surface area contributed by atoms with Crippen LogP contribution in [0.4, 0.5) is 0 Å². The van der Waals surface area contributed by atoms with E-state index in [-0.39, 0.29) is 0 Å². The number of rotatable bonds is 0. The molecule has 0 atom stereocenters. The number of hydrogen-bond donors (Lipinski definition) is 0. The Morgan fingerprint density at radius 2 is 1.50 bits per heavy atom. The highest BCUT2D eigenvalue weighted by atomic mass is 127. The summed E-state index contributed by atoms with van der Waals surface area (Å²) in [6, 6.07) is 17.4. The molecular formula is C15H11I. The molecule has 78 valence electrons. The molecule has 3 aromatic carbocycles. The molecule has 0 nitrogen and oxygen atoms in total. The summed E-state index contributed by atoms with van der Waals surface area (Å²) in [6.45, 7) is 2.19. The van der Waals surface area contributed by atoms with E-state index in [0.29, 0.717) is 0 Å². The lowest BCUT2D eigenvalue weighted by Crippen LogP contribution is -1.84.